The van der Waals surface area contributed by atoms with E-state index in [2.05, 4.69) is 0 Å². The molecule has 1 amide bonds. The number of benzene rings is 1. The lowest BCUT2D eigenvalue weighted by molar-refractivity contribution is -0.139. The fourth-order valence-electron chi connectivity index (χ4n) is 1.22. The van der Waals surface area contributed by atoms with Crippen LogP contribution in [-0.2, 0) is 4.79 Å². The highest BCUT2D eigenvalue weighted by atomic mass is 19.4. The third kappa shape index (κ3) is 5.04. The number of amides is 1. The molecule has 1 aromatic rings. The molecular weight excluding hydrogens is 281 g/mol. The number of carbonyl (C=O) groups is 2. The van der Waals surface area contributed by atoms with Gasteiger partial charge in [0.05, 0.1) is 5.56 Å². The second kappa shape index (κ2) is 6.13. The molecule has 110 valence electrons. The van der Waals surface area contributed by atoms with Crippen molar-refractivity contribution in [1.82, 2.24) is 5.32 Å². The van der Waals surface area contributed by atoms with Gasteiger partial charge in [0.25, 0.3) is 5.91 Å². The van der Waals surface area contributed by atoms with Gasteiger partial charge in [-0.2, -0.15) is 13.2 Å². The first-order chi connectivity index (χ1) is 9.19. The Hall–Kier alpha value is -2.45. The number of rotatable bonds is 5. The van der Waals surface area contributed by atoms with Gasteiger partial charge in [0.1, 0.15) is 12.3 Å². The molecule has 0 fully saturated rings. The summed E-state index contributed by atoms with van der Waals surface area (Å²) in [6, 6.07) is 3.58. The number of nitrogens with one attached hydrogen (secondary N) is 1. The van der Waals surface area contributed by atoms with E-state index >= 15 is 0 Å². The second-order valence-electron chi connectivity index (χ2n) is 3.73. The molecule has 6 nitrogen and oxygen atoms in total. The van der Waals surface area contributed by atoms with Crippen LogP contribution in [0.5, 0.6) is 5.75 Å². The summed E-state index contributed by atoms with van der Waals surface area (Å²) < 4.78 is 40.4. The highest BCUT2D eigenvalue weighted by molar-refractivity contribution is 5.93. The fraction of sp³-hybridized carbons (Fsp3) is 0.273. The maximum Gasteiger partial charge on any atom is 0.405 e. The molecule has 0 heterocycles. The van der Waals surface area contributed by atoms with Crippen molar-refractivity contribution < 1.29 is 32.6 Å². The fourth-order valence-corrected chi connectivity index (χ4v) is 1.22. The lowest BCUT2D eigenvalue weighted by Gasteiger charge is -2.10. The molecule has 4 N–H and O–H groups in total. The van der Waals surface area contributed by atoms with Gasteiger partial charge in [-0.1, -0.05) is 0 Å². The number of nitrogen functional groups attached to an aromatic ring is 1. The van der Waals surface area contributed by atoms with Crippen LogP contribution in [-0.4, -0.2) is 36.3 Å². The molecule has 0 aliphatic heterocycles. The summed E-state index contributed by atoms with van der Waals surface area (Å²) in [5.74, 6) is -2.10. The van der Waals surface area contributed by atoms with Gasteiger partial charge in [-0.15, -0.1) is 0 Å². The quantitative estimate of drug-likeness (QED) is 0.703. The Morgan fingerprint density at radius 1 is 1.35 bits per heavy atom. The van der Waals surface area contributed by atoms with Crippen molar-refractivity contribution >= 4 is 17.6 Å². The van der Waals surface area contributed by atoms with Gasteiger partial charge < -0.3 is 20.9 Å². The molecule has 0 aliphatic carbocycles. The monoisotopic (exact) mass is 292 g/mol. The maximum absolute atomic E-state index is 11.8. The van der Waals surface area contributed by atoms with Crippen molar-refractivity contribution in [1.29, 1.82) is 0 Å². The number of hydrogen-bond acceptors (Lipinski definition) is 4. The van der Waals surface area contributed by atoms with Gasteiger partial charge in [-0.3, -0.25) is 4.79 Å². The number of halogens is 3. The Balaban J connectivity index is 2.52. The highest BCUT2D eigenvalue weighted by Crippen LogP contribution is 2.19. The molecule has 0 aromatic heterocycles. The normalized spacial score (nSPS) is 10.9. The van der Waals surface area contributed by atoms with Crippen LogP contribution >= 0.6 is 0 Å². The van der Waals surface area contributed by atoms with Crippen LogP contribution in [0.2, 0.25) is 0 Å². The molecule has 0 saturated carbocycles. The number of nitrogens with two attached hydrogens (primary N) is 1. The third-order valence-electron chi connectivity index (χ3n) is 2.11. The van der Waals surface area contributed by atoms with E-state index in [0.29, 0.717) is 0 Å². The lowest BCUT2D eigenvalue weighted by atomic mass is 10.2. The first-order valence-electron chi connectivity index (χ1n) is 5.28. The van der Waals surface area contributed by atoms with E-state index in [9.17, 15) is 22.8 Å². The molecule has 0 spiro atoms. The molecule has 0 saturated heterocycles. The minimum absolute atomic E-state index is 0.0781. The topological polar surface area (TPSA) is 102 Å². The smallest absolute Gasteiger partial charge is 0.405 e. The molecule has 1 rings (SSSR count). The van der Waals surface area contributed by atoms with Crippen molar-refractivity contribution in [2.24, 2.45) is 0 Å². The number of aromatic carboxylic acids is 1. The summed E-state index contributed by atoms with van der Waals surface area (Å²) in [6.45, 7) is -2.09. The van der Waals surface area contributed by atoms with E-state index < -0.39 is 31.2 Å². The average molecular weight is 292 g/mol. The summed E-state index contributed by atoms with van der Waals surface area (Å²) in [4.78, 5) is 21.7. The molecule has 0 aliphatic rings. The summed E-state index contributed by atoms with van der Waals surface area (Å²) >= 11 is 0. The zero-order valence-electron chi connectivity index (χ0n) is 10.0. The average Bonchev–Trinajstić information content (AvgIpc) is 2.32. The molecule has 20 heavy (non-hydrogen) atoms. The molecule has 0 radical (unpaired) electrons. The van der Waals surface area contributed by atoms with E-state index in [1.54, 1.807) is 5.32 Å². The van der Waals surface area contributed by atoms with Gasteiger partial charge in [-0.05, 0) is 12.1 Å². The third-order valence-corrected chi connectivity index (χ3v) is 2.11. The van der Waals surface area contributed by atoms with Crippen molar-refractivity contribution in [2.75, 3.05) is 18.9 Å². The van der Waals surface area contributed by atoms with Crippen LogP contribution in [0.1, 0.15) is 10.4 Å². The van der Waals surface area contributed by atoms with E-state index in [1.807, 2.05) is 0 Å². The maximum atomic E-state index is 11.8. The SMILES string of the molecule is Nc1cc(OCC(=O)NCC(F)(F)F)ccc1C(=O)O. The van der Waals surface area contributed by atoms with Crippen molar-refractivity contribution in [3.05, 3.63) is 23.8 Å². The van der Waals surface area contributed by atoms with E-state index in [1.165, 1.54) is 18.2 Å². The molecular formula is C11H11F3N2O4. The molecule has 0 unspecified atom stereocenters. The predicted molar refractivity (Wildman–Crippen MR) is 62.4 cm³/mol. The largest absolute Gasteiger partial charge is 0.484 e. The van der Waals surface area contributed by atoms with Gasteiger partial charge >= 0.3 is 12.1 Å². The second-order valence-corrected chi connectivity index (χ2v) is 3.73. The predicted octanol–water partition coefficient (Wildman–Crippen LogP) is 1.02. The van der Waals surface area contributed by atoms with Crippen LogP contribution in [0.25, 0.3) is 0 Å². The Bertz CT molecular complexity index is 517. The van der Waals surface area contributed by atoms with Gasteiger partial charge in [0.15, 0.2) is 6.61 Å². The summed E-state index contributed by atoms with van der Waals surface area (Å²) in [5.41, 5.74) is 5.22. The van der Waals surface area contributed by atoms with Crippen LogP contribution in [0, 0.1) is 0 Å². The summed E-state index contributed by atoms with van der Waals surface area (Å²) in [7, 11) is 0. The lowest BCUT2D eigenvalue weighted by Crippen LogP contribution is -2.36. The van der Waals surface area contributed by atoms with E-state index in [-0.39, 0.29) is 17.0 Å². The van der Waals surface area contributed by atoms with Crippen LogP contribution < -0.4 is 15.8 Å². The van der Waals surface area contributed by atoms with Crippen molar-refractivity contribution in [3.8, 4) is 5.75 Å². The number of carbonyl (C=O) groups excluding carboxylic acids is 1. The number of hydrogen-bond donors (Lipinski definition) is 3. The number of carboxylic acid groups (broad SMARTS) is 1. The Kier molecular flexibility index (Phi) is 4.78. The van der Waals surface area contributed by atoms with E-state index in [0.717, 1.165) is 0 Å². The summed E-state index contributed by atoms with van der Waals surface area (Å²) in [5, 5.41) is 10.4. The Morgan fingerprint density at radius 2 is 2.00 bits per heavy atom. The molecule has 0 bridgehead atoms. The van der Waals surface area contributed by atoms with Crippen LogP contribution in [0.15, 0.2) is 18.2 Å². The molecule has 0 atom stereocenters. The van der Waals surface area contributed by atoms with Gasteiger partial charge in [0, 0.05) is 11.8 Å². The Labute approximate surface area is 111 Å². The Morgan fingerprint density at radius 3 is 2.50 bits per heavy atom. The zero-order chi connectivity index (χ0) is 15.3. The molecule has 1 aromatic carbocycles. The summed E-state index contributed by atoms with van der Waals surface area (Å²) in [6.07, 6.45) is -4.50. The first kappa shape index (κ1) is 15.6. The number of ether oxygens (including phenoxy) is 1. The number of carboxylic acids is 1. The first-order valence-corrected chi connectivity index (χ1v) is 5.28. The minimum Gasteiger partial charge on any atom is -0.484 e. The van der Waals surface area contributed by atoms with Gasteiger partial charge in [-0.25, -0.2) is 4.79 Å². The number of anilines is 1. The van der Waals surface area contributed by atoms with Crippen molar-refractivity contribution in [2.45, 2.75) is 6.18 Å². The molecule has 9 heteroatoms. The standard InChI is InChI=1S/C11H11F3N2O4/c12-11(13,14)5-16-9(17)4-20-6-1-2-7(10(18)19)8(15)3-6/h1-3H,4-5,15H2,(H,16,17)(H,18,19). The van der Waals surface area contributed by atoms with Gasteiger partial charge in [0.2, 0.25) is 0 Å². The van der Waals surface area contributed by atoms with Crippen LogP contribution in [0.3, 0.4) is 0 Å². The van der Waals surface area contributed by atoms with E-state index in [4.69, 9.17) is 15.6 Å². The van der Waals surface area contributed by atoms with Crippen LogP contribution in [0.4, 0.5) is 18.9 Å². The minimum atomic E-state index is -4.50. The number of alkyl halides is 3. The van der Waals surface area contributed by atoms with Crippen molar-refractivity contribution in [3.63, 3.8) is 0 Å². The highest BCUT2D eigenvalue weighted by Gasteiger charge is 2.27. The zero-order valence-corrected chi connectivity index (χ0v) is 10.0.